The first-order valence-electron chi connectivity index (χ1n) is 9.87. The standard InChI is InChI=1S/C25H25N3/c1-4-12-21(13-5-1)24-25(22-14-6-2-7-15-22)28(20-27-24)19-11-10-18-26-23-16-8-3-9-17-23/h1-9,12-17,20,26H,10-11,18-19H2. The molecule has 28 heavy (non-hydrogen) atoms. The number of aryl methyl sites for hydroxylation is 1. The molecule has 3 nitrogen and oxygen atoms in total. The number of hydrogen-bond acceptors (Lipinski definition) is 2. The van der Waals surface area contributed by atoms with Gasteiger partial charge in [-0.1, -0.05) is 78.9 Å². The fourth-order valence-corrected chi connectivity index (χ4v) is 3.45. The number of aromatic nitrogens is 2. The summed E-state index contributed by atoms with van der Waals surface area (Å²) in [5.41, 5.74) is 5.80. The highest BCUT2D eigenvalue weighted by Gasteiger charge is 2.14. The molecule has 1 heterocycles. The van der Waals surface area contributed by atoms with E-state index in [4.69, 9.17) is 4.98 Å². The zero-order chi connectivity index (χ0) is 19.0. The smallest absolute Gasteiger partial charge is 0.0963 e. The molecule has 3 heteroatoms. The van der Waals surface area contributed by atoms with Crippen LogP contribution in [0.4, 0.5) is 5.69 Å². The lowest BCUT2D eigenvalue weighted by Crippen LogP contribution is -2.05. The second-order valence-electron chi connectivity index (χ2n) is 6.87. The summed E-state index contributed by atoms with van der Waals surface area (Å²) in [4.78, 5) is 4.76. The summed E-state index contributed by atoms with van der Waals surface area (Å²) in [7, 11) is 0. The number of para-hydroxylation sites is 1. The van der Waals surface area contributed by atoms with E-state index < -0.39 is 0 Å². The van der Waals surface area contributed by atoms with E-state index in [1.807, 2.05) is 18.5 Å². The van der Waals surface area contributed by atoms with E-state index in [0.717, 1.165) is 37.2 Å². The van der Waals surface area contributed by atoms with Crippen LogP contribution in [0.5, 0.6) is 0 Å². The Morgan fingerprint density at radius 3 is 1.96 bits per heavy atom. The molecule has 0 fully saturated rings. The van der Waals surface area contributed by atoms with Gasteiger partial charge in [-0.05, 0) is 25.0 Å². The van der Waals surface area contributed by atoms with Crippen LogP contribution < -0.4 is 5.32 Å². The molecule has 0 bridgehead atoms. The molecule has 0 saturated heterocycles. The molecule has 4 rings (SSSR count). The van der Waals surface area contributed by atoms with Crippen LogP contribution in [0.3, 0.4) is 0 Å². The van der Waals surface area contributed by atoms with Crippen molar-refractivity contribution >= 4 is 5.69 Å². The first kappa shape index (κ1) is 18.1. The molecule has 0 amide bonds. The van der Waals surface area contributed by atoms with Crippen molar-refractivity contribution in [3.05, 3.63) is 97.3 Å². The molecule has 140 valence electrons. The molecule has 4 aromatic rings. The minimum Gasteiger partial charge on any atom is -0.385 e. The third kappa shape index (κ3) is 4.32. The summed E-state index contributed by atoms with van der Waals surface area (Å²) >= 11 is 0. The molecule has 0 saturated carbocycles. The average molecular weight is 367 g/mol. The second kappa shape index (κ2) is 9.05. The van der Waals surface area contributed by atoms with E-state index >= 15 is 0 Å². The third-order valence-corrected chi connectivity index (χ3v) is 4.86. The SMILES string of the molecule is c1ccc(NCCCCn2cnc(-c3ccccc3)c2-c2ccccc2)cc1. The van der Waals surface area contributed by atoms with E-state index in [0.29, 0.717) is 0 Å². The summed E-state index contributed by atoms with van der Waals surface area (Å²) in [6.45, 7) is 1.94. The van der Waals surface area contributed by atoms with Gasteiger partial charge in [0.15, 0.2) is 0 Å². The minimum atomic E-state index is 0.959. The van der Waals surface area contributed by atoms with Crippen LogP contribution in [0.1, 0.15) is 12.8 Å². The second-order valence-corrected chi connectivity index (χ2v) is 6.87. The van der Waals surface area contributed by atoms with Crippen molar-refractivity contribution in [3.8, 4) is 22.5 Å². The van der Waals surface area contributed by atoms with Crippen LogP contribution in [-0.2, 0) is 6.54 Å². The molecule has 0 radical (unpaired) electrons. The quantitative estimate of drug-likeness (QED) is 0.381. The van der Waals surface area contributed by atoms with Crippen LogP contribution in [0.15, 0.2) is 97.3 Å². The third-order valence-electron chi connectivity index (χ3n) is 4.86. The highest BCUT2D eigenvalue weighted by molar-refractivity contribution is 5.78. The van der Waals surface area contributed by atoms with Gasteiger partial charge < -0.3 is 9.88 Å². The summed E-state index contributed by atoms with van der Waals surface area (Å²) in [5.74, 6) is 0. The summed E-state index contributed by atoms with van der Waals surface area (Å²) in [6.07, 6.45) is 4.20. The number of rotatable bonds is 8. The first-order valence-corrected chi connectivity index (χ1v) is 9.87. The Balaban J connectivity index is 1.47. The van der Waals surface area contributed by atoms with Crippen molar-refractivity contribution in [2.24, 2.45) is 0 Å². The number of nitrogens with one attached hydrogen (secondary N) is 1. The van der Waals surface area contributed by atoms with Gasteiger partial charge in [0.05, 0.1) is 17.7 Å². The summed E-state index contributed by atoms with van der Waals surface area (Å²) in [6, 6.07) is 31.4. The number of anilines is 1. The molecule has 0 aliphatic rings. The predicted molar refractivity (Wildman–Crippen MR) is 117 cm³/mol. The van der Waals surface area contributed by atoms with Gasteiger partial charge >= 0.3 is 0 Å². The lowest BCUT2D eigenvalue weighted by Gasteiger charge is -2.11. The molecule has 0 aliphatic carbocycles. The van der Waals surface area contributed by atoms with Gasteiger partial charge in [-0.2, -0.15) is 0 Å². The van der Waals surface area contributed by atoms with E-state index in [2.05, 4.69) is 88.7 Å². The Labute approximate surface area is 166 Å². The Hall–Kier alpha value is -3.33. The van der Waals surface area contributed by atoms with Gasteiger partial charge in [-0.15, -0.1) is 0 Å². The van der Waals surface area contributed by atoms with E-state index in [9.17, 15) is 0 Å². The minimum absolute atomic E-state index is 0.959. The Bertz CT molecular complexity index is 976. The Morgan fingerprint density at radius 1 is 0.679 bits per heavy atom. The van der Waals surface area contributed by atoms with Crippen LogP contribution in [0, 0.1) is 0 Å². The molecule has 0 spiro atoms. The van der Waals surface area contributed by atoms with Crippen molar-refractivity contribution in [2.75, 3.05) is 11.9 Å². The van der Waals surface area contributed by atoms with Gasteiger partial charge in [0, 0.05) is 29.9 Å². The molecule has 0 unspecified atom stereocenters. The number of nitrogens with zero attached hydrogens (tertiary/aromatic N) is 2. The largest absolute Gasteiger partial charge is 0.385 e. The van der Waals surface area contributed by atoms with Gasteiger partial charge in [-0.3, -0.25) is 0 Å². The molecular formula is C25H25N3. The fraction of sp³-hybridized carbons (Fsp3) is 0.160. The van der Waals surface area contributed by atoms with Crippen molar-refractivity contribution in [1.82, 2.24) is 9.55 Å². The van der Waals surface area contributed by atoms with Crippen LogP contribution in [0.25, 0.3) is 22.5 Å². The molecule has 0 aliphatic heterocycles. The number of unbranched alkanes of at least 4 members (excludes halogenated alkanes) is 1. The van der Waals surface area contributed by atoms with Gasteiger partial charge in [-0.25, -0.2) is 4.98 Å². The molecule has 3 aromatic carbocycles. The van der Waals surface area contributed by atoms with Crippen molar-refractivity contribution in [3.63, 3.8) is 0 Å². The lowest BCUT2D eigenvalue weighted by molar-refractivity contribution is 0.625. The average Bonchev–Trinajstić information content (AvgIpc) is 3.19. The Morgan fingerprint density at radius 2 is 1.29 bits per heavy atom. The maximum absolute atomic E-state index is 4.76. The van der Waals surface area contributed by atoms with Gasteiger partial charge in [0.25, 0.3) is 0 Å². The van der Waals surface area contributed by atoms with Crippen molar-refractivity contribution in [2.45, 2.75) is 19.4 Å². The number of imidazole rings is 1. The van der Waals surface area contributed by atoms with Crippen LogP contribution in [-0.4, -0.2) is 16.1 Å². The van der Waals surface area contributed by atoms with Gasteiger partial charge in [0.2, 0.25) is 0 Å². The van der Waals surface area contributed by atoms with Crippen LogP contribution in [0.2, 0.25) is 0 Å². The van der Waals surface area contributed by atoms with Crippen LogP contribution >= 0.6 is 0 Å². The molecule has 1 aromatic heterocycles. The number of benzene rings is 3. The normalized spacial score (nSPS) is 10.7. The summed E-state index contributed by atoms with van der Waals surface area (Å²) < 4.78 is 2.29. The molecular weight excluding hydrogens is 342 g/mol. The number of hydrogen-bond donors (Lipinski definition) is 1. The van der Waals surface area contributed by atoms with Gasteiger partial charge in [0.1, 0.15) is 0 Å². The monoisotopic (exact) mass is 367 g/mol. The fourth-order valence-electron chi connectivity index (χ4n) is 3.45. The highest BCUT2D eigenvalue weighted by atomic mass is 15.1. The van der Waals surface area contributed by atoms with E-state index in [1.54, 1.807) is 0 Å². The zero-order valence-corrected chi connectivity index (χ0v) is 16.0. The maximum atomic E-state index is 4.76. The van der Waals surface area contributed by atoms with E-state index in [1.165, 1.54) is 16.9 Å². The molecule has 0 atom stereocenters. The Kier molecular flexibility index (Phi) is 5.83. The first-order chi connectivity index (χ1) is 13.9. The van der Waals surface area contributed by atoms with E-state index in [-0.39, 0.29) is 0 Å². The predicted octanol–water partition coefficient (Wildman–Crippen LogP) is 6.11. The lowest BCUT2D eigenvalue weighted by atomic mass is 10.0. The van der Waals surface area contributed by atoms with Crippen molar-refractivity contribution in [1.29, 1.82) is 0 Å². The van der Waals surface area contributed by atoms with Crippen molar-refractivity contribution < 1.29 is 0 Å². The summed E-state index contributed by atoms with van der Waals surface area (Å²) in [5, 5.41) is 3.48. The highest BCUT2D eigenvalue weighted by Crippen LogP contribution is 2.31. The zero-order valence-electron chi connectivity index (χ0n) is 16.0. The topological polar surface area (TPSA) is 29.9 Å². The maximum Gasteiger partial charge on any atom is 0.0963 e. The molecule has 1 N–H and O–H groups in total.